The van der Waals surface area contributed by atoms with Crippen molar-refractivity contribution in [2.75, 3.05) is 43.1 Å². The molecule has 2 amide bonds. The number of nitrogens with zero attached hydrogens (tertiary/aromatic N) is 4. The van der Waals surface area contributed by atoms with E-state index in [0.717, 1.165) is 52.5 Å². The Labute approximate surface area is 204 Å². The predicted molar refractivity (Wildman–Crippen MR) is 133 cm³/mol. The Morgan fingerprint density at radius 1 is 1.09 bits per heavy atom. The quantitative estimate of drug-likeness (QED) is 0.611. The van der Waals surface area contributed by atoms with Crippen molar-refractivity contribution in [3.8, 4) is 0 Å². The summed E-state index contributed by atoms with van der Waals surface area (Å²) in [5, 5.41) is 3.08. The Morgan fingerprint density at radius 2 is 1.89 bits per heavy atom. The van der Waals surface area contributed by atoms with Gasteiger partial charge in [0.15, 0.2) is 0 Å². The first kappa shape index (κ1) is 23.2. The van der Waals surface area contributed by atoms with Crippen molar-refractivity contribution < 1.29 is 13.9 Å². The van der Waals surface area contributed by atoms with E-state index in [1.807, 2.05) is 43.0 Å². The molecule has 1 N–H and O–H groups in total. The summed E-state index contributed by atoms with van der Waals surface area (Å²) in [5.74, 6) is 1.26. The van der Waals surface area contributed by atoms with Crippen LogP contribution in [-0.2, 0) is 24.1 Å². The number of hydrogen-bond donors (Lipinski definition) is 1. The number of rotatable bonds is 4. The molecular formula is C27H30FN5O2. The van der Waals surface area contributed by atoms with Crippen LogP contribution in [0.1, 0.15) is 33.8 Å². The van der Waals surface area contributed by atoms with Crippen LogP contribution < -0.4 is 10.2 Å². The number of aromatic nitrogens is 2. The van der Waals surface area contributed by atoms with E-state index in [2.05, 4.69) is 10.2 Å². The molecule has 2 aromatic carbocycles. The zero-order valence-corrected chi connectivity index (χ0v) is 20.2. The van der Waals surface area contributed by atoms with Gasteiger partial charge in [-0.05, 0) is 48.7 Å². The molecule has 5 rings (SSSR count). The molecule has 0 saturated carbocycles. The predicted octanol–water partition coefficient (Wildman–Crippen LogP) is 4.25. The van der Waals surface area contributed by atoms with Gasteiger partial charge in [-0.1, -0.05) is 24.3 Å². The van der Waals surface area contributed by atoms with E-state index in [1.165, 1.54) is 12.1 Å². The summed E-state index contributed by atoms with van der Waals surface area (Å²) in [6.45, 7) is 7.80. The van der Waals surface area contributed by atoms with Crippen molar-refractivity contribution in [2.24, 2.45) is 0 Å². The Hall–Kier alpha value is -3.52. The van der Waals surface area contributed by atoms with Gasteiger partial charge in [0.1, 0.15) is 17.5 Å². The smallest absolute Gasteiger partial charge is 0.322 e. The van der Waals surface area contributed by atoms with Crippen LogP contribution in [0.2, 0.25) is 0 Å². The molecule has 1 saturated heterocycles. The fourth-order valence-electron chi connectivity index (χ4n) is 4.65. The highest BCUT2D eigenvalue weighted by molar-refractivity contribution is 5.90. The van der Waals surface area contributed by atoms with Crippen LogP contribution in [0.3, 0.4) is 0 Å². The van der Waals surface area contributed by atoms with Gasteiger partial charge >= 0.3 is 6.03 Å². The van der Waals surface area contributed by atoms with Gasteiger partial charge in [-0.25, -0.2) is 19.2 Å². The summed E-state index contributed by atoms with van der Waals surface area (Å²) >= 11 is 0. The molecule has 3 heterocycles. The highest BCUT2D eigenvalue weighted by Gasteiger charge is 2.28. The molecule has 0 radical (unpaired) electrons. The Morgan fingerprint density at radius 3 is 2.69 bits per heavy atom. The summed E-state index contributed by atoms with van der Waals surface area (Å²) in [6.07, 6.45) is 1.10. The van der Waals surface area contributed by atoms with Crippen molar-refractivity contribution >= 4 is 17.5 Å². The van der Waals surface area contributed by atoms with Crippen molar-refractivity contribution in [2.45, 2.75) is 33.2 Å². The second-order valence-electron chi connectivity index (χ2n) is 9.14. The topological polar surface area (TPSA) is 70.6 Å². The van der Waals surface area contributed by atoms with E-state index in [4.69, 9.17) is 14.7 Å². The third-order valence-electron chi connectivity index (χ3n) is 6.78. The standard InChI is InChI=1S/C27H30FN5O2/c1-18-5-3-8-23(19(18)2)30-27(34)33-10-9-24-22(17-33)26(32-11-13-35-14-12-32)31-25(29-24)16-20-6-4-7-21(28)15-20/h3-8,15H,9-14,16-17H2,1-2H3,(H,30,34). The third kappa shape index (κ3) is 5.12. The first-order valence-electron chi connectivity index (χ1n) is 12.1. The zero-order valence-electron chi connectivity index (χ0n) is 20.2. The Kier molecular flexibility index (Phi) is 6.63. The fourth-order valence-corrected chi connectivity index (χ4v) is 4.65. The number of nitrogens with one attached hydrogen (secondary N) is 1. The number of hydrogen-bond acceptors (Lipinski definition) is 5. The lowest BCUT2D eigenvalue weighted by atomic mass is 10.0. The highest BCUT2D eigenvalue weighted by atomic mass is 19.1. The molecule has 35 heavy (non-hydrogen) atoms. The lowest BCUT2D eigenvalue weighted by molar-refractivity contribution is 0.122. The molecule has 7 nitrogen and oxygen atoms in total. The second-order valence-corrected chi connectivity index (χ2v) is 9.14. The molecular weight excluding hydrogens is 445 g/mol. The maximum Gasteiger partial charge on any atom is 0.322 e. The molecule has 0 bridgehead atoms. The van der Waals surface area contributed by atoms with Gasteiger partial charge in [0, 0.05) is 43.7 Å². The molecule has 1 aromatic heterocycles. The lowest BCUT2D eigenvalue weighted by Crippen LogP contribution is -2.42. The molecule has 8 heteroatoms. The van der Waals surface area contributed by atoms with Crippen molar-refractivity contribution in [1.82, 2.24) is 14.9 Å². The summed E-state index contributed by atoms with van der Waals surface area (Å²) < 4.78 is 19.3. The Bertz CT molecular complexity index is 1240. The van der Waals surface area contributed by atoms with Gasteiger partial charge in [0.05, 0.1) is 25.5 Å². The van der Waals surface area contributed by atoms with Crippen LogP contribution in [0.4, 0.5) is 20.7 Å². The van der Waals surface area contributed by atoms with Gasteiger partial charge in [-0.15, -0.1) is 0 Å². The van der Waals surface area contributed by atoms with Gasteiger partial charge in [0.25, 0.3) is 0 Å². The van der Waals surface area contributed by atoms with Crippen LogP contribution >= 0.6 is 0 Å². The van der Waals surface area contributed by atoms with Crippen LogP contribution in [-0.4, -0.2) is 53.7 Å². The van der Waals surface area contributed by atoms with Crippen molar-refractivity contribution in [3.05, 3.63) is 82.1 Å². The number of benzene rings is 2. The maximum atomic E-state index is 13.7. The van der Waals surface area contributed by atoms with E-state index in [1.54, 1.807) is 6.07 Å². The van der Waals surface area contributed by atoms with Gasteiger partial charge in [-0.3, -0.25) is 0 Å². The molecule has 182 valence electrons. The Balaban J connectivity index is 1.42. The molecule has 0 spiro atoms. The third-order valence-corrected chi connectivity index (χ3v) is 6.78. The van der Waals surface area contributed by atoms with Gasteiger partial charge in [0.2, 0.25) is 0 Å². The summed E-state index contributed by atoms with van der Waals surface area (Å²) in [7, 11) is 0. The number of ether oxygens (including phenoxy) is 1. The normalized spacial score (nSPS) is 15.6. The van der Waals surface area contributed by atoms with E-state index >= 15 is 0 Å². The number of fused-ring (bicyclic) bond motifs is 1. The van der Waals surface area contributed by atoms with Crippen LogP contribution in [0.15, 0.2) is 42.5 Å². The molecule has 0 unspecified atom stereocenters. The van der Waals surface area contributed by atoms with Crippen molar-refractivity contribution in [3.63, 3.8) is 0 Å². The number of carbonyl (C=O) groups excluding carboxylic acids is 1. The largest absolute Gasteiger partial charge is 0.378 e. The monoisotopic (exact) mass is 475 g/mol. The molecule has 2 aliphatic rings. The molecule has 0 atom stereocenters. The average Bonchev–Trinajstić information content (AvgIpc) is 2.86. The summed E-state index contributed by atoms with van der Waals surface area (Å²) in [5.41, 5.74) is 5.82. The van der Waals surface area contributed by atoms with Crippen molar-refractivity contribution in [1.29, 1.82) is 0 Å². The van der Waals surface area contributed by atoms with Crippen LogP contribution in [0.5, 0.6) is 0 Å². The van der Waals surface area contributed by atoms with E-state index in [-0.39, 0.29) is 11.8 Å². The SMILES string of the molecule is Cc1cccc(NC(=O)N2CCc3nc(Cc4cccc(F)c4)nc(N4CCOCC4)c3C2)c1C. The summed E-state index contributed by atoms with van der Waals surface area (Å²) in [4.78, 5) is 27.0. The van der Waals surface area contributed by atoms with Gasteiger partial charge in [-0.2, -0.15) is 0 Å². The summed E-state index contributed by atoms with van der Waals surface area (Å²) in [6, 6.07) is 12.4. The molecule has 2 aliphatic heterocycles. The van der Waals surface area contributed by atoms with Crippen LogP contribution in [0.25, 0.3) is 0 Å². The molecule has 1 fully saturated rings. The number of amides is 2. The van der Waals surface area contributed by atoms with E-state index in [0.29, 0.717) is 45.0 Å². The number of urea groups is 1. The lowest BCUT2D eigenvalue weighted by Gasteiger charge is -2.34. The number of halogens is 1. The number of aryl methyl sites for hydroxylation is 1. The first-order chi connectivity index (χ1) is 17.0. The average molecular weight is 476 g/mol. The van der Waals surface area contributed by atoms with Gasteiger partial charge < -0.3 is 19.9 Å². The maximum absolute atomic E-state index is 13.7. The first-order valence-corrected chi connectivity index (χ1v) is 12.1. The minimum absolute atomic E-state index is 0.124. The minimum Gasteiger partial charge on any atom is -0.378 e. The molecule has 0 aliphatic carbocycles. The minimum atomic E-state index is -0.264. The fraction of sp³-hybridized carbons (Fsp3) is 0.370. The van der Waals surface area contributed by atoms with E-state index < -0.39 is 0 Å². The number of carbonyl (C=O) groups is 1. The highest BCUT2D eigenvalue weighted by Crippen LogP contribution is 2.29. The number of morpholine rings is 1. The van der Waals surface area contributed by atoms with E-state index in [9.17, 15) is 9.18 Å². The zero-order chi connectivity index (χ0) is 24.4. The van der Waals surface area contributed by atoms with Crippen LogP contribution in [0, 0.1) is 19.7 Å². The molecule has 3 aromatic rings. The second kappa shape index (κ2) is 10.00. The number of anilines is 2.